The maximum atomic E-state index is 13.1. The normalized spacial score (nSPS) is 27.6. The number of ether oxygens (including phenoxy) is 1. The third-order valence-corrected chi connectivity index (χ3v) is 6.56. The van der Waals surface area contributed by atoms with Crippen LogP contribution >= 0.6 is 0 Å². The molecule has 1 aromatic carbocycles. The van der Waals surface area contributed by atoms with Crippen molar-refractivity contribution >= 4 is 11.6 Å². The quantitative estimate of drug-likeness (QED) is 0.852. The number of amides is 1. The highest BCUT2D eigenvalue weighted by Gasteiger charge is 2.53. The van der Waals surface area contributed by atoms with Gasteiger partial charge in [0.15, 0.2) is 0 Å². The van der Waals surface area contributed by atoms with Crippen molar-refractivity contribution in [3.05, 3.63) is 30.3 Å². The summed E-state index contributed by atoms with van der Waals surface area (Å²) in [5, 5.41) is 0. The van der Waals surface area contributed by atoms with Crippen molar-refractivity contribution in [2.24, 2.45) is 11.3 Å². The van der Waals surface area contributed by atoms with E-state index in [-0.39, 0.29) is 17.2 Å². The second-order valence-electron chi connectivity index (χ2n) is 7.75. The van der Waals surface area contributed by atoms with Crippen LogP contribution < -0.4 is 4.90 Å². The molecule has 1 aliphatic carbocycles. The number of piperidine rings is 1. The first-order chi connectivity index (χ1) is 11.7. The molecule has 0 N–H and O–H groups in total. The Morgan fingerprint density at radius 2 is 1.88 bits per heavy atom. The third-order valence-electron chi connectivity index (χ3n) is 6.56. The lowest BCUT2D eigenvalue weighted by atomic mass is 9.70. The molecule has 3 fully saturated rings. The highest BCUT2D eigenvalue weighted by Crippen LogP contribution is 2.47. The van der Waals surface area contributed by atoms with Crippen molar-refractivity contribution in [2.75, 3.05) is 38.3 Å². The van der Waals surface area contributed by atoms with E-state index in [2.05, 4.69) is 4.90 Å². The number of rotatable bonds is 4. The lowest BCUT2D eigenvalue weighted by molar-refractivity contribution is -0.125. The number of carbonyl (C=O) groups excluding carboxylic acids is 1. The number of nitrogens with zero attached hydrogens (tertiary/aromatic N) is 2. The van der Waals surface area contributed by atoms with Crippen LogP contribution in [0, 0.1) is 11.3 Å². The van der Waals surface area contributed by atoms with Crippen molar-refractivity contribution in [3.63, 3.8) is 0 Å². The molecular formula is C20H28N2O2. The third kappa shape index (κ3) is 2.66. The first-order valence-electron chi connectivity index (χ1n) is 9.33. The topological polar surface area (TPSA) is 32.8 Å². The van der Waals surface area contributed by atoms with Gasteiger partial charge < -0.3 is 14.5 Å². The van der Waals surface area contributed by atoms with Gasteiger partial charge in [-0.3, -0.25) is 4.79 Å². The first-order valence-corrected chi connectivity index (χ1v) is 9.33. The van der Waals surface area contributed by atoms with Gasteiger partial charge in [-0.05, 0) is 50.9 Å². The van der Waals surface area contributed by atoms with E-state index in [4.69, 9.17) is 4.74 Å². The zero-order chi connectivity index (χ0) is 16.6. The SMILES string of the molecule is COCC1C(=O)N(c2ccccc2)CC12CCN(C1CCC1)CC2. The lowest BCUT2D eigenvalue weighted by Crippen LogP contribution is -2.50. The van der Waals surface area contributed by atoms with Gasteiger partial charge in [0, 0.05) is 30.8 Å². The minimum atomic E-state index is 0.00578. The number of hydrogen-bond acceptors (Lipinski definition) is 3. The van der Waals surface area contributed by atoms with Gasteiger partial charge >= 0.3 is 0 Å². The number of hydrogen-bond donors (Lipinski definition) is 0. The summed E-state index contributed by atoms with van der Waals surface area (Å²) < 4.78 is 5.45. The Bertz CT molecular complexity index is 577. The van der Waals surface area contributed by atoms with Gasteiger partial charge in [-0.25, -0.2) is 0 Å². The van der Waals surface area contributed by atoms with Crippen LogP contribution in [0.3, 0.4) is 0 Å². The Kier molecular flexibility index (Phi) is 4.35. The fraction of sp³-hybridized carbons (Fsp3) is 0.650. The zero-order valence-electron chi connectivity index (χ0n) is 14.6. The van der Waals surface area contributed by atoms with E-state index in [0.29, 0.717) is 6.61 Å². The summed E-state index contributed by atoms with van der Waals surface area (Å²) >= 11 is 0. The number of anilines is 1. The van der Waals surface area contributed by atoms with E-state index < -0.39 is 0 Å². The molecule has 1 saturated carbocycles. The fourth-order valence-corrected chi connectivity index (χ4v) is 4.79. The van der Waals surface area contributed by atoms with Crippen LogP contribution in [0.4, 0.5) is 5.69 Å². The standard InChI is InChI=1S/C20H28N2O2/c1-24-14-18-19(23)22(17-6-3-2-4-7-17)15-20(18)10-12-21(13-11-20)16-8-5-9-16/h2-4,6-7,16,18H,5,8-15H2,1H3. The maximum absolute atomic E-state index is 13.1. The summed E-state index contributed by atoms with van der Waals surface area (Å²) in [4.78, 5) is 17.7. The van der Waals surface area contributed by atoms with Crippen LogP contribution in [-0.2, 0) is 9.53 Å². The molecule has 0 aromatic heterocycles. The molecule has 2 aliphatic heterocycles. The van der Waals surface area contributed by atoms with E-state index in [1.807, 2.05) is 35.2 Å². The largest absolute Gasteiger partial charge is 0.384 e. The Hall–Kier alpha value is -1.39. The second kappa shape index (κ2) is 6.49. The van der Waals surface area contributed by atoms with Crippen molar-refractivity contribution in [1.82, 2.24) is 4.90 Å². The Balaban J connectivity index is 1.54. The van der Waals surface area contributed by atoms with Crippen LogP contribution in [0.5, 0.6) is 0 Å². The van der Waals surface area contributed by atoms with Crippen molar-refractivity contribution in [1.29, 1.82) is 0 Å². The summed E-state index contributed by atoms with van der Waals surface area (Å²) in [6, 6.07) is 10.9. The molecule has 0 bridgehead atoms. The van der Waals surface area contributed by atoms with E-state index in [1.54, 1.807) is 7.11 Å². The minimum Gasteiger partial charge on any atom is -0.384 e. The molecule has 4 heteroatoms. The highest BCUT2D eigenvalue weighted by molar-refractivity contribution is 5.98. The van der Waals surface area contributed by atoms with Crippen molar-refractivity contribution < 1.29 is 9.53 Å². The van der Waals surface area contributed by atoms with E-state index >= 15 is 0 Å². The highest BCUT2D eigenvalue weighted by atomic mass is 16.5. The number of methoxy groups -OCH3 is 1. The molecule has 4 nitrogen and oxygen atoms in total. The molecule has 2 saturated heterocycles. The first kappa shape index (κ1) is 16.1. The van der Waals surface area contributed by atoms with Gasteiger partial charge in [0.05, 0.1) is 12.5 Å². The number of carbonyl (C=O) groups is 1. The van der Waals surface area contributed by atoms with Crippen LogP contribution in [0.1, 0.15) is 32.1 Å². The Labute approximate surface area is 144 Å². The van der Waals surface area contributed by atoms with Crippen LogP contribution in [0.2, 0.25) is 0 Å². The van der Waals surface area contributed by atoms with Crippen LogP contribution in [-0.4, -0.2) is 50.2 Å². The van der Waals surface area contributed by atoms with E-state index in [1.165, 1.54) is 19.3 Å². The summed E-state index contributed by atoms with van der Waals surface area (Å²) in [5.41, 5.74) is 1.12. The van der Waals surface area contributed by atoms with Gasteiger partial charge in [0.1, 0.15) is 0 Å². The molecule has 1 atom stereocenters. The van der Waals surface area contributed by atoms with Crippen molar-refractivity contribution in [3.8, 4) is 0 Å². The lowest BCUT2D eigenvalue weighted by Gasteiger charge is -2.46. The average Bonchev–Trinajstić information content (AvgIpc) is 2.83. The summed E-state index contributed by atoms with van der Waals surface area (Å²) in [5.74, 6) is 0.256. The number of likely N-dealkylation sites (tertiary alicyclic amines) is 1. The molecule has 1 spiro atoms. The molecule has 4 rings (SSSR count). The summed E-state index contributed by atoms with van der Waals surface area (Å²) in [7, 11) is 1.72. The van der Waals surface area contributed by atoms with Gasteiger partial charge in [0.25, 0.3) is 0 Å². The second-order valence-corrected chi connectivity index (χ2v) is 7.75. The molecule has 1 unspecified atom stereocenters. The molecule has 130 valence electrons. The van der Waals surface area contributed by atoms with Gasteiger partial charge in [-0.15, -0.1) is 0 Å². The molecule has 0 radical (unpaired) electrons. The van der Waals surface area contributed by atoms with E-state index in [0.717, 1.165) is 44.2 Å². The molecule has 1 aromatic rings. The van der Waals surface area contributed by atoms with E-state index in [9.17, 15) is 4.79 Å². The maximum Gasteiger partial charge on any atom is 0.233 e. The van der Waals surface area contributed by atoms with Gasteiger partial charge in [-0.1, -0.05) is 24.6 Å². The fourth-order valence-electron chi connectivity index (χ4n) is 4.79. The smallest absolute Gasteiger partial charge is 0.233 e. The Morgan fingerprint density at radius 1 is 1.17 bits per heavy atom. The van der Waals surface area contributed by atoms with Crippen LogP contribution in [0.25, 0.3) is 0 Å². The monoisotopic (exact) mass is 328 g/mol. The summed E-state index contributed by atoms with van der Waals surface area (Å²) in [6.45, 7) is 3.68. The zero-order valence-corrected chi connectivity index (χ0v) is 14.6. The van der Waals surface area contributed by atoms with Gasteiger partial charge in [-0.2, -0.15) is 0 Å². The Morgan fingerprint density at radius 3 is 2.46 bits per heavy atom. The predicted molar refractivity (Wildman–Crippen MR) is 95.0 cm³/mol. The average molecular weight is 328 g/mol. The predicted octanol–water partition coefficient (Wildman–Crippen LogP) is 2.93. The van der Waals surface area contributed by atoms with Gasteiger partial charge in [0.2, 0.25) is 5.91 Å². The molecule has 24 heavy (non-hydrogen) atoms. The molecular weight excluding hydrogens is 300 g/mol. The molecule has 2 heterocycles. The number of para-hydroxylation sites is 1. The molecule has 1 amide bonds. The van der Waals surface area contributed by atoms with Crippen molar-refractivity contribution in [2.45, 2.75) is 38.1 Å². The molecule has 3 aliphatic rings. The number of benzene rings is 1. The minimum absolute atomic E-state index is 0.00578. The summed E-state index contributed by atoms with van der Waals surface area (Å²) in [6.07, 6.45) is 6.35. The van der Waals surface area contributed by atoms with Crippen LogP contribution in [0.15, 0.2) is 30.3 Å².